The molecule has 0 amide bonds. The highest BCUT2D eigenvalue weighted by atomic mass is 16.4. The van der Waals surface area contributed by atoms with Crippen molar-refractivity contribution in [3.63, 3.8) is 0 Å². The van der Waals surface area contributed by atoms with E-state index in [1.54, 1.807) is 0 Å². The number of aromatic amines is 2. The van der Waals surface area contributed by atoms with Gasteiger partial charge < -0.3 is 5.11 Å². The van der Waals surface area contributed by atoms with E-state index < -0.39 is 11.9 Å². The van der Waals surface area contributed by atoms with Gasteiger partial charge in [0.2, 0.25) is 5.82 Å². The Hall–Kier alpha value is -3.95. The molecular weight excluding hydrogens is 408 g/mol. The molecule has 2 aromatic carbocycles. The normalized spacial score (nSPS) is 14.1. The summed E-state index contributed by atoms with van der Waals surface area (Å²) in [4.78, 5) is 12.1. The summed E-state index contributed by atoms with van der Waals surface area (Å²) >= 11 is 0. The monoisotopic (exact) mass is 432 g/mol. The van der Waals surface area contributed by atoms with E-state index in [4.69, 9.17) is 0 Å². The molecule has 32 heavy (non-hydrogen) atoms. The molecule has 3 atom stereocenters. The average molecular weight is 432 g/mol. The van der Waals surface area contributed by atoms with Crippen molar-refractivity contribution in [2.45, 2.75) is 32.6 Å². The van der Waals surface area contributed by atoms with Crippen molar-refractivity contribution < 1.29 is 9.90 Å². The van der Waals surface area contributed by atoms with Crippen LogP contribution in [-0.4, -0.2) is 52.3 Å². The fraction of sp³-hybridized carbons (Fsp3) is 0.318. The second-order valence-electron chi connectivity index (χ2n) is 7.84. The first-order valence-electron chi connectivity index (χ1n) is 10.5. The number of carboxylic acid groups (broad SMARTS) is 1. The van der Waals surface area contributed by atoms with Crippen molar-refractivity contribution in [1.29, 1.82) is 0 Å². The summed E-state index contributed by atoms with van der Waals surface area (Å²) in [5.74, 6) is -0.857. The SMILES string of the molecule is CCC(C)C(C(=O)O)[C@H](Cc1ccc(-c2ccc(-c3nn[nH]n3)cc2)cc1)c1nn[nH]n1. The van der Waals surface area contributed by atoms with Crippen LogP contribution in [-0.2, 0) is 11.2 Å². The van der Waals surface area contributed by atoms with Crippen molar-refractivity contribution in [3.8, 4) is 22.5 Å². The molecule has 0 bridgehead atoms. The second-order valence-corrected chi connectivity index (χ2v) is 7.84. The minimum atomic E-state index is -0.840. The van der Waals surface area contributed by atoms with Gasteiger partial charge in [0.05, 0.1) is 5.92 Å². The lowest BCUT2D eigenvalue weighted by molar-refractivity contribution is -0.144. The molecule has 2 unspecified atom stereocenters. The van der Waals surface area contributed by atoms with E-state index in [0.717, 1.165) is 28.7 Å². The number of nitrogens with one attached hydrogen (secondary N) is 2. The Bertz CT molecular complexity index is 1130. The summed E-state index contributed by atoms with van der Waals surface area (Å²) < 4.78 is 0. The molecule has 4 rings (SSSR count). The van der Waals surface area contributed by atoms with Crippen molar-refractivity contribution in [1.82, 2.24) is 41.2 Å². The number of tetrazole rings is 2. The van der Waals surface area contributed by atoms with Crippen LogP contribution in [0.4, 0.5) is 0 Å². The van der Waals surface area contributed by atoms with Gasteiger partial charge in [-0.3, -0.25) is 4.79 Å². The Labute approximate surface area is 184 Å². The van der Waals surface area contributed by atoms with Crippen LogP contribution < -0.4 is 0 Å². The molecule has 0 spiro atoms. The van der Waals surface area contributed by atoms with Gasteiger partial charge in [0.15, 0.2) is 5.82 Å². The summed E-state index contributed by atoms with van der Waals surface area (Å²) in [5, 5.41) is 38.2. The molecular formula is C22H24N8O2. The van der Waals surface area contributed by atoms with Gasteiger partial charge in [-0.25, -0.2) is 0 Å². The number of hydrogen-bond donors (Lipinski definition) is 3. The zero-order valence-corrected chi connectivity index (χ0v) is 17.8. The Morgan fingerprint density at radius 1 is 0.906 bits per heavy atom. The predicted molar refractivity (Wildman–Crippen MR) is 116 cm³/mol. The van der Waals surface area contributed by atoms with E-state index in [1.807, 2.05) is 62.4 Å². The van der Waals surface area contributed by atoms with Crippen LogP contribution in [0.15, 0.2) is 48.5 Å². The lowest BCUT2D eigenvalue weighted by Crippen LogP contribution is -2.30. The molecule has 2 aromatic heterocycles. The van der Waals surface area contributed by atoms with Crippen molar-refractivity contribution >= 4 is 5.97 Å². The maximum Gasteiger partial charge on any atom is 0.307 e. The molecule has 0 aliphatic heterocycles. The molecule has 3 N–H and O–H groups in total. The zero-order valence-electron chi connectivity index (χ0n) is 17.8. The maximum absolute atomic E-state index is 12.1. The highest BCUT2D eigenvalue weighted by Gasteiger charge is 2.36. The molecule has 0 radical (unpaired) electrons. The topological polar surface area (TPSA) is 146 Å². The first-order valence-corrected chi connectivity index (χ1v) is 10.5. The fourth-order valence-corrected chi connectivity index (χ4v) is 3.95. The van der Waals surface area contributed by atoms with Crippen LogP contribution in [0.1, 0.15) is 37.6 Å². The quantitative estimate of drug-likeness (QED) is 0.366. The van der Waals surface area contributed by atoms with Crippen LogP contribution in [0.3, 0.4) is 0 Å². The Morgan fingerprint density at radius 3 is 2.03 bits per heavy atom. The molecule has 10 heteroatoms. The third-order valence-electron chi connectivity index (χ3n) is 5.90. The van der Waals surface area contributed by atoms with Gasteiger partial charge in [0, 0.05) is 11.5 Å². The molecule has 0 saturated carbocycles. The number of benzene rings is 2. The number of carboxylic acids is 1. The summed E-state index contributed by atoms with van der Waals surface area (Å²) in [6.45, 7) is 3.94. The molecule has 0 saturated heterocycles. The van der Waals surface area contributed by atoms with E-state index in [1.165, 1.54) is 0 Å². The van der Waals surface area contributed by atoms with E-state index in [9.17, 15) is 9.90 Å². The third kappa shape index (κ3) is 4.53. The number of nitrogens with zero attached hydrogens (tertiary/aromatic N) is 6. The summed E-state index contributed by atoms with van der Waals surface area (Å²) in [6, 6.07) is 16.0. The predicted octanol–water partition coefficient (Wildman–Crippen LogP) is 3.12. The fourth-order valence-electron chi connectivity index (χ4n) is 3.95. The number of rotatable bonds is 9. The lowest BCUT2D eigenvalue weighted by atomic mass is 9.77. The third-order valence-corrected chi connectivity index (χ3v) is 5.90. The number of aliphatic carboxylic acids is 1. The average Bonchev–Trinajstić information content (AvgIpc) is 3.53. The highest BCUT2D eigenvalue weighted by molar-refractivity contribution is 5.72. The molecule has 0 aliphatic carbocycles. The molecule has 0 aliphatic rings. The van der Waals surface area contributed by atoms with E-state index >= 15 is 0 Å². The standard InChI is InChI=1S/C22H24N8O2/c1-3-13(2)19(22(31)32)18(21-25-29-30-26-21)12-14-4-6-15(7-5-14)16-8-10-17(11-9-16)20-23-27-28-24-20/h4-11,13,18-19H,3,12H2,1-2H3,(H,31,32)(H,23,24,27,28)(H,25,26,29,30)/t13?,18-,19?/m0/s1. The van der Waals surface area contributed by atoms with Crippen molar-refractivity contribution in [2.24, 2.45) is 11.8 Å². The number of aromatic nitrogens is 8. The zero-order chi connectivity index (χ0) is 22.5. The molecule has 4 aromatic rings. The largest absolute Gasteiger partial charge is 0.481 e. The maximum atomic E-state index is 12.1. The van der Waals surface area contributed by atoms with Crippen molar-refractivity contribution in [3.05, 3.63) is 59.9 Å². The van der Waals surface area contributed by atoms with Crippen LogP contribution in [0.2, 0.25) is 0 Å². The van der Waals surface area contributed by atoms with Gasteiger partial charge in [-0.05, 0) is 34.2 Å². The van der Waals surface area contributed by atoms with Gasteiger partial charge >= 0.3 is 5.97 Å². The van der Waals surface area contributed by atoms with Crippen molar-refractivity contribution in [2.75, 3.05) is 0 Å². The van der Waals surface area contributed by atoms with Gasteiger partial charge in [-0.2, -0.15) is 10.4 Å². The first kappa shape index (κ1) is 21.3. The molecule has 164 valence electrons. The summed E-state index contributed by atoms with van der Waals surface area (Å²) in [5.41, 5.74) is 4.01. The van der Waals surface area contributed by atoms with Gasteiger partial charge in [-0.15, -0.1) is 20.4 Å². The Kier molecular flexibility index (Phi) is 6.29. The van der Waals surface area contributed by atoms with E-state index in [0.29, 0.717) is 18.1 Å². The van der Waals surface area contributed by atoms with Crippen LogP contribution >= 0.6 is 0 Å². The molecule has 2 heterocycles. The number of H-pyrrole nitrogens is 2. The van der Waals surface area contributed by atoms with E-state index in [-0.39, 0.29) is 11.8 Å². The summed E-state index contributed by atoms with van der Waals surface area (Å²) in [7, 11) is 0. The highest BCUT2D eigenvalue weighted by Crippen LogP contribution is 2.34. The molecule has 0 fully saturated rings. The number of hydrogen-bond acceptors (Lipinski definition) is 7. The Balaban J connectivity index is 1.55. The van der Waals surface area contributed by atoms with Gasteiger partial charge in [0.25, 0.3) is 0 Å². The smallest absolute Gasteiger partial charge is 0.307 e. The van der Waals surface area contributed by atoms with Gasteiger partial charge in [0.1, 0.15) is 0 Å². The number of carbonyl (C=O) groups is 1. The Morgan fingerprint density at radius 2 is 1.50 bits per heavy atom. The van der Waals surface area contributed by atoms with E-state index in [2.05, 4.69) is 41.2 Å². The van der Waals surface area contributed by atoms with Crippen LogP contribution in [0.25, 0.3) is 22.5 Å². The van der Waals surface area contributed by atoms with Crippen LogP contribution in [0.5, 0.6) is 0 Å². The second kappa shape index (κ2) is 9.46. The lowest BCUT2D eigenvalue weighted by Gasteiger charge is -2.26. The summed E-state index contributed by atoms with van der Waals surface area (Å²) in [6.07, 6.45) is 1.27. The van der Waals surface area contributed by atoms with Gasteiger partial charge in [-0.1, -0.05) is 74.0 Å². The minimum Gasteiger partial charge on any atom is -0.481 e. The minimum absolute atomic E-state index is 0.0204. The molecule has 10 nitrogen and oxygen atoms in total. The van der Waals surface area contributed by atoms with Crippen LogP contribution in [0, 0.1) is 11.8 Å². The first-order chi connectivity index (χ1) is 15.6.